The third-order valence-electron chi connectivity index (χ3n) is 7.05. The molecule has 3 aliphatic rings. The van der Waals surface area contributed by atoms with Crippen molar-refractivity contribution in [1.29, 1.82) is 0 Å². The molecule has 8 heteroatoms. The number of allylic oxidation sites excluding steroid dienone is 4. The van der Waals surface area contributed by atoms with Crippen LogP contribution in [0.1, 0.15) is 71.8 Å². The second kappa shape index (κ2) is 8.97. The van der Waals surface area contributed by atoms with Crippen LogP contribution in [-0.4, -0.2) is 35.5 Å². The van der Waals surface area contributed by atoms with Crippen molar-refractivity contribution in [2.45, 2.75) is 66.2 Å². The van der Waals surface area contributed by atoms with Gasteiger partial charge in [-0.3, -0.25) is 14.4 Å². The number of ether oxygens (including phenoxy) is 1. The SMILES string of the molecule is CCN1C2=C(C(=O)CC(C)(C)C2)C(c2cc(Cl)c(OCC(N)=O)c(Cl)c2)C2=C1CC(C)(C)CC2=O. The van der Waals surface area contributed by atoms with Crippen LogP contribution in [0.25, 0.3) is 0 Å². The van der Waals surface area contributed by atoms with Crippen molar-refractivity contribution in [3.8, 4) is 5.75 Å². The number of hydrogen-bond acceptors (Lipinski definition) is 5. The summed E-state index contributed by atoms with van der Waals surface area (Å²) in [5.74, 6) is -0.952. The summed E-state index contributed by atoms with van der Waals surface area (Å²) in [5.41, 5.74) is 8.81. The van der Waals surface area contributed by atoms with Crippen LogP contribution in [0, 0.1) is 10.8 Å². The molecular formula is C27H32Cl2N2O4. The largest absolute Gasteiger partial charge is 0.481 e. The standard InChI is InChI=1S/C27H32Cl2N2O4/c1-6-31-17-9-26(2,3)11-19(32)23(17)22(24-18(31)10-27(4,5)12-20(24)33)14-7-15(28)25(16(29)8-14)35-13-21(30)34/h7-8,22H,6,9-13H2,1-5H3,(H2,30,34). The summed E-state index contributed by atoms with van der Waals surface area (Å²) in [6.45, 7) is 10.8. The highest BCUT2D eigenvalue weighted by molar-refractivity contribution is 6.37. The molecule has 2 N–H and O–H groups in total. The van der Waals surface area contributed by atoms with Gasteiger partial charge in [0.25, 0.3) is 5.91 Å². The lowest BCUT2D eigenvalue weighted by Gasteiger charge is -2.49. The van der Waals surface area contributed by atoms with Crippen LogP contribution in [0.15, 0.2) is 34.7 Å². The fourth-order valence-electron chi connectivity index (χ4n) is 5.79. The first kappa shape index (κ1) is 25.8. The van der Waals surface area contributed by atoms with Crippen LogP contribution >= 0.6 is 23.2 Å². The molecule has 0 saturated heterocycles. The highest BCUT2D eigenvalue weighted by Crippen LogP contribution is 2.55. The second-order valence-corrected chi connectivity index (χ2v) is 12.2. The Kier molecular flexibility index (Phi) is 6.60. The van der Waals surface area contributed by atoms with Gasteiger partial charge in [0, 0.05) is 47.8 Å². The van der Waals surface area contributed by atoms with Crippen molar-refractivity contribution in [3.63, 3.8) is 0 Å². The third-order valence-corrected chi connectivity index (χ3v) is 7.61. The monoisotopic (exact) mass is 518 g/mol. The van der Waals surface area contributed by atoms with Crippen molar-refractivity contribution >= 4 is 40.7 Å². The molecular weight excluding hydrogens is 487 g/mol. The van der Waals surface area contributed by atoms with Gasteiger partial charge >= 0.3 is 0 Å². The number of hydrogen-bond donors (Lipinski definition) is 1. The van der Waals surface area contributed by atoms with Gasteiger partial charge < -0.3 is 15.4 Å². The highest BCUT2D eigenvalue weighted by Gasteiger charge is 2.48. The molecule has 1 aromatic carbocycles. The van der Waals surface area contributed by atoms with E-state index in [1.165, 1.54) is 0 Å². The maximum atomic E-state index is 13.7. The Hall–Kier alpha value is -2.31. The molecule has 1 aromatic rings. The van der Waals surface area contributed by atoms with Gasteiger partial charge in [-0.15, -0.1) is 0 Å². The predicted octanol–water partition coefficient (Wildman–Crippen LogP) is 5.56. The van der Waals surface area contributed by atoms with E-state index in [-0.39, 0.29) is 44.8 Å². The van der Waals surface area contributed by atoms with Crippen molar-refractivity contribution in [1.82, 2.24) is 4.90 Å². The number of rotatable bonds is 5. The zero-order chi connectivity index (χ0) is 25.9. The van der Waals surface area contributed by atoms with Crippen molar-refractivity contribution < 1.29 is 19.1 Å². The molecule has 0 fully saturated rings. The van der Waals surface area contributed by atoms with Crippen molar-refractivity contribution in [2.24, 2.45) is 16.6 Å². The van der Waals surface area contributed by atoms with E-state index in [4.69, 9.17) is 33.7 Å². The number of primary amides is 1. The average molecular weight is 519 g/mol. The summed E-state index contributed by atoms with van der Waals surface area (Å²) in [6.07, 6.45) is 2.29. The predicted molar refractivity (Wildman–Crippen MR) is 136 cm³/mol. The average Bonchev–Trinajstić information content (AvgIpc) is 2.69. The Labute approximate surface area is 216 Å². The first-order valence-corrected chi connectivity index (χ1v) is 12.7. The highest BCUT2D eigenvalue weighted by atomic mass is 35.5. The van der Waals surface area contributed by atoms with Gasteiger partial charge in [0.05, 0.1) is 10.0 Å². The smallest absolute Gasteiger partial charge is 0.255 e. The molecule has 1 amide bonds. The van der Waals surface area contributed by atoms with Crippen LogP contribution in [0.4, 0.5) is 0 Å². The molecule has 188 valence electrons. The van der Waals surface area contributed by atoms with Crippen LogP contribution in [0.5, 0.6) is 5.75 Å². The lowest BCUT2D eigenvalue weighted by Crippen LogP contribution is -2.44. The normalized spacial score (nSPS) is 21.7. The minimum absolute atomic E-state index is 0.0465. The Bertz CT molecular complexity index is 1120. The molecule has 0 spiro atoms. The molecule has 0 unspecified atom stereocenters. The van der Waals surface area contributed by atoms with Crippen LogP contribution in [0.3, 0.4) is 0 Å². The van der Waals surface area contributed by atoms with E-state index in [9.17, 15) is 14.4 Å². The van der Waals surface area contributed by atoms with Gasteiger partial charge in [0.2, 0.25) is 0 Å². The van der Waals surface area contributed by atoms with E-state index in [1.54, 1.807) is 12.1 Å². The molecule has 0 atom stereocenters. The fraction of sp³-hybridized carbons (Fsp3) is 0.519. The number of amides is 1. The van der Waals surface area contributed by atoms with Crippen molar-refractivity contribution in [2.75, 3.05) is 13.2 Å². The molecule has 1 heterocycles. The van der Waals surface area contributed by atoms with Gasteiger partial charge in [-0.1, -0.05) is 50.9 Å². The first-order valence-electron chi connectivity index (χ1n) is 11.9. The Balaban J connectivity index is 1.94. The molecule has 4 rings (SSSR count). The summed E-state index contributed by atoms with van der Waals surface area (Å²) < 4.78 is 5.41. The maximum absolute atomic E-state index is 13.7. The molecule has 0 aromatic heterocycles. The Morgan fingerprint density at radius 1 is 0.971 bits per heavy atom. The summed E-state index contributed by atoms with van der Waals surface area (Å²) in [5, 5.41) is 0.395. The molecule has 1 aliphatic heterocycles. The van der Waals surface area contributed by atoms with E-state index >= 15 is 0 Å². The van der Waals surface area contributed by atoms with E-state index in [2.05, 4.69) is 39.5 Å². The van der Waals surface area contributed by atoms with Gasteiger partial charge in [-0.05, 0) is 48.3 Å². The summed E-state index contributed by atoms with van der Waals surface area (Å²) in [6, 6.07) is 3.37. The van der Waals surface area contributed by atoms with Gasteiger partial charge in [-0.25, -0.2) is 0 Å². The minimum Gasteiger partial charge on any atom is -0.481 e. The lowest BCUT2D eigenvalue weighted by molar-refractivity contribution is -0.121. The quantitative estimate of drug-likeness (QED) is 0.550. The molecule has 0 radical (unpaired) electrons. The Morgan fingerprint density at radius 2 is 1.43 bits per heavy atom. The molecule has 0 bridgehead atoms. The first-order chi connectivity index (χ1) is 16.2. The molecule has 2 aliphatic carbocycles. The number of nitrogens with two attached hydrogens (primary N) is 1. The number of ketones is 2. The van der Waals surface area contributed by atoms with Crippen molar-refractivity contribution in [3.05, 3.63) is 50.3 Å². The number of carbonyl (C=O) groups is 3. The van der Waals surface area contributed by atoms with Gasteiger partial charge in [0.15, 0.2) is 23.9 Å². The number of nitrogens with zero attached hydrogens (tertiary/aromatic N) is 1. The number of carbonyl (C=O) groups excluding carboxylic acids is 3. The van der Waals surface area contributed by atoms with E-state index in [0.717, 1.165) is 24.2 Å². The van der Waals surface area contributed by atoms with Gasteiger partial charge in [0.1, 0.15) is 0 Å². The summed E-state index contributed by atoms with van der Waals surface area (Å²) >= 11 is 13.1. The zero-order valence-corrected chi connectivity index (χ0v) is 22.4. The van der Waals surface area contributed by atoms with E-state index in [0.29, 0.717) is 36.1 Å². The topological polar surface area (TPSA) is 89.7 Å². The molecule has 0 saturated carbocycles. The maximum Gasteiger partial charge on any atom is 0.255 e. The lowest BCUT2D eigenvalue weighted by atomic mass is 9.63. The number of Topliss-reactive ketones (excluding diaryl/α,β-unsaturated/α-hetero) is 2. The van der Waals surface area contributed by atoms with Crippen LogP contribution in [0.2, 0.25) is 10.0 Å². The second-order valence-electron chi connectivity index (χ2n) is 11.3. The van der Waals surface area contributed by atoms with E-state index in [1.807, 2.05) is 0 Å². The van der Waals surface area contributed by atoms with E-state index < -0.39 is 11.8 Å². The van der Waals surface area contributed by atoms with Crippen LogP contribution in [-0.2, 0) is 14.4 Å². The number of benzene rings is 1. The summed E-state index contributed by atoms with van der Waals surface area (Å²) in [7, 11) is 0. The van der Waals surface area contributed by atoms with Crippen LogP contribution < -0.4 is 10.5 Å². The molecule has 35 heavy (non-hydrogen) atoms. The fourth-order valence-corrected chi connectivity index (χ4v) is 6.40. The summed E-state index contributed by atoms with van der Waals surface area (Å²) in [4.78, 5) is 40.7. The van der Waals surface area contributed by atoms with Gasteiger partial charge in [-0.2, -0.15) is 0 Å². The Morgan fingerprint density at radius 3 is 1.83 bits per heavy atom. The number of halogens is 2. The zero-order valence-electron chi connectivity index (χ0n) is 20.9. The molecule has 6 nitrogen and oxygen atoms in total. The third kappa shape index (κ3) is 4.75. The minimum atomic E-state index is -0.649.